The molecule has 0 N–H and O–H groups in total. The Morgan fingerprint density at radius 3 is 2.41 bits per heavy atom. The molecule has 3 aromatic carbocycles. The van der Waals surface area contributed by atoms with Gasteiger partial charge >= 0.3 is 0 Å². The molecule has 3 rings (SSSR count). The van der Waals surface area contributed by atoms with Crippen LogP contribution < -0.4 is 0 Å². The van der Waals surface area contributed by atoms with Gasteiger partial charge in [0.2, 0.25) is 0 Å². The van der Waals surface area contributed by atoms with Crippen LogP contribution in [0.2, 0.25) is 0 Å². The maximum Gasteiger partial charge on any atom is -0.00330 e. The van der Waals surface area contributed by atoms with E-state index in [2.05, 4.69) is 73.7 Å². The minimum Gasteiger partial charge on any atom is -0.0870 e. The Kier molecular flexibility index (Phi) is 2.41. The Labute approximate surface area is 101 Å². The lowest BCUT2D eigenvalue weighted by Crippen LogP contribution is -1.81. The maximum atomic E-state index is 2.20. The smallest absolute Gasteiger partial charge is 0.00330 e. The summed E-state index contributed by atoms with van der Waals surface area (Å²) < 4.78 is 0. The Balaban J connectivity index is 2.54. The Bertz CT molecular complexity index is 705. The molecule has 0 radical (unpaired) electrons. The average Bonchev–Trinajstić information content (AvgIpc) is 2.39. The van der Waals surface area contributed by atoms with E-state index in [0.29, 0.717) is 0 Å². The second kappa shape index (κ2) is 4.06. The fourth-order valence-corrected chi connectivity index (χ4v) is 2.41. The predicted molar refractivity (Wildman–Crippen MR) is 76.2 cm³/mol. The molecule has 0 saturated heterocycles. The number of fused-ring (bicyclic) bond motifs is 3. The summed E-state index contributed by atoms with van der Waals surface area (Å²) in [6.07, 6.45) is 4.27. The van der Waals surface area contributed by atoms with Crippen molar-refractivity contribution in [2.24, 2.45) is 0 Å². The van der Waals surface area contributed by atoms with E-state index < -0.39 is 0 Å². The summed E-state index contributed by atoms with van der Waals surface area (Å²) >= 11 is 0. The molecule has 0 nitrogen and oxygen atoms in total. The Hall–Kier alpha value is -2.08. The standard InChI is InChI=1S/C17H14/c1-2-6-14-8-5-9-15-12-11-13-7-3-4-10-16(13)17(14)15/h2-12H,1H3/b6-2-. The summed E-state index contributed by atoms with van der Waals surface area (Å²) in [7, 11) is 0. The van der Waals surface area contributed by atoms with Crippen molar-refractivity contribution >= 4 is 27.6 Å². The van der Waals surface area contributed by atoms with Gasteiger partial charge in [-0.25, -0.2) is 0 Å². The lowest BCUT2D eigenvalue weighted by atomic mass is 9.97. The highest BCUT2D eigenvalue weighted by atomic mass is 14.1. The average molecular weight is 218 g/mol. The van der Waals surface area contributed by atoms with Crippen LogP contribution in [0.5, 0.6) is 0 Å². The molecule has 0 spiro atoms. The van der Waals surface area contributed by atoms with Crippen LogP contribution >= 0.6 is 0 Å². The highest BCUT2D eigenvalue weighted by Crippen LogP contribution is 2.28. The highest BCUT2D eigenvalue weighted by molar-refractivity contribution is 6.11. The zero-order valence-electron chi connectivity index (χ0n) is 9.85. The molecule has 0 heteroatoms. The van der Waals surface area contributed by atoms with Crippen molar-refractivity contribution in [3.05, 3.63) is 66.2 Å². The van der Waals surface area contributed by atoms with Crippen molar-refractivity contribution in [3.63, 3.8) is 0 Å². The van der Waals surface area contributed by atoms with Gasteiger partial charge in [0.05, 0.1) is 0 Å². The first-order valence-electron chi connectivity index (χ1n) is 5.93. The van der Waals surface area contributed by atoms with Crippen LogP contribution in [-0.4, -0.2) is 0 Å². The SMILES string of the molecule is C/C=C\c1cccc2ccc3ccccc3c12. The molecule has 0 saturated carbocycles. The summed E-state index contributed by atoms with van der Waals surface area (Å²) in [6.45, 7) is 2.06. The Morgan fingerprint density at radius 2 is 1.53 bits per heavy atom. The molecule has 0 aliphatic carbocycles. The van der Waals surface area contributed by atoms with Crippen molar-refractivity contribution in [1.29, 1.82) is 0 Å². The van der Waals surface area contributed by atoms with Gasteiger partial charge in [-0.15, -0.1) is 0 Å². The van der Waals surface area contributed by atoms with E-state index in [4.69, 9.17) is 0 Å². The molecule has 0 unspecified atom stereocenters. The van der Waals surface area contributed by atoms with E-state index in [0.717, 1.165) is 0 Å². The molecule has 0 aromatic heterocycles. The van der Waals surface area contributed by atoms with Gasteiger partial charge in [0.25, 0.3) is 0 Å². The van der Waals surface area contributed by atoms with E-state index in [9.17, 15) is 0 Å². The lowest BCUT2D eigenvalue weighted by Gasteiger charge is -2.07. The monoisotopic (exact) mass is 218 g/mol. The summed E-state index contributed by atoms with van der Waals surface area (Å²) in [5.41, 5.74) is 1.29. The summed E-state index contributed by atoms with van der Waals surface area (Å²) in [5.74, 6) is 0. The van der Waals surface area contributed by atoms with Gasteiger partial charge < -0.3 is 0 Å². The third-order valence-electron chi connectivity index (χ3n) is 3.15. The van der Waals surface area contributed by atoms with Gasteiger partial charge in [-0.3, -0.25) is 0 Å². The van der Waals surface area contributed by atoms with E-state index >= 15 is 0 Å². The highest BCUT2D eigenvalue weighted by Gasteiger charge is 2.02. The number of hydrogen-bond donors (Lipinski definition) is 0. The molecule has 0 aliphatic heterocycles. The van der Waals surface area contributed by atoms with Gasteiger partial charge in [0.1, 0.15) is 0 Å². The summed E-state index contributed by atoms with van der Waals surface area (Å²) in [5, 5.41) is 5.29. The van der Waals surface area contributed by atoms with Crippen LogP contribution in [0.15, 0.2) is 60.7 Å². The van der Waals surface area contributed by atoms with Crippen molar-refractivity contribution in [2.75, 3.05) is 0 Å². The number of hydrogen-bond acceptors (Lipinski definition) is 0. The molecule has 3 aromatic rings. The number of benzene rings is 3. The van der Waals surface area contributed by atoms with Crippen LogP contribution in [0.1, 0.15) is 12.5 Å². The molecule has 0 atom stereocenters. The van der Waals surface area contributed by atoms with Gasteiger partial charge in [-0.05, 0) is 34.0 Å². The van der Waals surface area contributed by atoms with Crippen LogP contribution in [0.25, 0.3) is 27.6 Å². The van der Waals surface area contributed by atoms with Crippen molar-refractivity contribution < 1.29 is 0 Å². The molecule has 0 aliphatic rings. The molecule has 17 heavy (non-hydrogen) atoms. The van der Waals surface area contributed by atoms with E-state index in [-0.39, 0.29) is 0 Å². The summed E-state index contributed by atoms with van der Waals surface area (Å²) in [4.78, 5) is 0. The molecule has 0 fully saturated rings. The molecule has 0 heterocycles. The second-order valence-electron chi connectivity index (χ2n) is 4.23. The quantitative estimate of drug-likeness (QED) is 0.503. The molecule has 82 valence electrons. The number of rotatable bonds is 1. The predicted octanol–water partition coefficient (Wildman–Crippen LogP) is 5.03. The first-order chi connectivity index (χ1) is 8.40. The van der Waals surface area contributed by atoms with Crippen LogP contribution in [0.4, 0.5) is 0 Å². The van der Waals surface area contributed by atoms with Crippen LogP contribution in [0, 0.1) is 0 Å². The van der Waals surface area contributed by atoms with Crippen LogP contribution in [0.3, 0.4) is 0 Å². The second-order valence-corrected chi connectivity index (χ2v) is 4.23. The summed E-state index contributed by atoms with van der Waals surface area (Å²) in [6, 6.07) is 19.4. The van der Waals surface area contributed by atoms with E-state index in [1.54, 1.807) is 0 Å². The lowest BCUT2D eigenvalue weighted by molar-refractivity contribution is 1.71. The van der Waals surface area contributed by atoms with Gasteiger partial charge in [0.15, 0.2) is 0 Å². The third kappa shape index (κ3) is 1.62. The van der Waals surface area contributed by atoms with Gasteiger partial charge in [-0.2, -0.15) is 0 Å². The first-order valence-corrected chi connectivity index (χ1v) is 5.93. The van der Waals surface area contributed by atoms with Gasteiger partial charge in [0, 0.05) is 0 Å². The minimum atomic E-state index is 1.29. The topological polar surface area (TPSA) is 0 Å². The van der Waals surface area contributed by atoms with Gasteiger partial charge in [-0.1, -0.05) is 66.7 Å². The minimum absolute atomic E-state index is 1.29. The van der Waals surface area contributed by atoms with Crippen molar-refractivity contribution in [1.82, 2.24) is 0 Å². The Morgan fingerprint density at radius 1 is 0.765 bits per heavy atom. The van der Waals surface area contributed by atoms with E-state index in [1.807, 2.05) is 0 Å². The zero-order chi connectivity index (χ0) is 11.7. The molecule has 0 amide bonds. The fourth-order valence-electron chi connectivity index (χ4n) is 2.41. The third-order valence-corrected chi connectivity index (χ3v) is 3.15. The fraction of sp³-hybridized carbons (Fsp3) is 0.0588. The molecular formula is C17H14. The molecular weight excluding hydrogens is 204 g/mol. The zero-order valence-corrected chi connectivity index (χ0v) is 9.85. The largest absolute Gasteiger partial charge is 0.0870 e. The number of allylic oxidation sites excluding steroid dienone is 1. The maximum absolute atomic E-state index is 2.20. The normalized spacial score (nSPS) is 11.6. The van der Waals surface area contributed by atoms with E-state index in [1.165, 1.54) is 27.1 Å². The molecule has 0 bridgehead atoms. The van der Waals surface area contributed by atoms with Crippen molar-refractivity contribution in [2.45, 2.75) is 6.92 Å². The first kappa shape index (κ1) is 10.1. The van der Waals surface area contributed by atoms with Crippen molar-refractivity contribution in [3.8, 4) is 0 Å². The van der Waals surface area contributed by atoms with Crippen LogP contribution in [-0.2, 0) is 0 Å².